The van der Waals surface area contributed by atoms with E-state index in [4.69, 9.17) is 0 Å². The Morgan fingerprint density at radius 3 is 2.29 bits per heavy atom. The SMILES string of the molecule is CC[C@@H](CO)NCC(c1ccccc1)C(C)C. The number of rotatable bonds is 7. The summed E-state index contributed by atoms with van der Waals surface area (Å²) in [6, 6.07) is 10.8. The zero-order chi connectivity index (χ0) is 12.7. The average Bonchev–Trinajstić information content (AvgIpc) is 2.35. The summed E-state index contributed by atoms with van der Waals surface area (Å²) in [5.41, 5.74) is 1.38. The van der Waals surface area contributed by atoms with Crippen molar-refractivity contribution in [2.45, 2.75) is 39.2 Å². The minimum atomic E-state index is 0.218. The van der Waals surface area contributed by atoms with Crippen LogP contribution in [0.3, 0.4) is 0 Å². The minimum absolute atomic E-state index is 0.218. The topological polar surface area (TPSA) is 32.3 Å². The third kappa shape index (κ3) is 4.49. The second-order valence-corrected chi connectivity index (χ2v) is 4.96. The second kappa shape index (κ2) is 7.46. The molecule has 2 nitrogen and oxygen atoms in total. The molecule has 2 heteroatoms. The van der Waals surface area contributed by atoms with E-state index in [2.05, 4.69) is 56.4 Å². The van der Waals surface area contributed by atoms with Crippen LogP contribution in [0.1, 0.15) is 38.7 Å². The van der Waals surface area contributed by atoms with Gasteiger partial charge in [0.1, 0.15) is 0 Å². The highest BCUT2D eigenvalue weighted by atomic mass is 16.3. The van der Waals surface area contributed by atoms with Crippen molar-refractivity contribution in [2.24, 2.45) is 5.92 Å². The van der Waals surface area contributed by atoms with Crippen molar-refractivity contribution in [3.05, 3.63) is 35.9 Å². The molecule has 0 aliphatic carbocycles. The number of aliphatic hydroxyl groups is 1. The molecule has 0 spiro atoms. The van der Waals surface area contributed by atoms with Crippen molar-refractivity contribution in [1.82, 2.24) is 5.32 Å². The van der Waals surface area contributed by atoms with Crippen LogP contribution in [0, 0.1) is 5.92 Å². The maximum atomic E-state index is 9.19. The fraction of sp³-hybridized carbons (Fsp3) is 0.600. The minimum Gasteiger partial charge on any atom is -0.395 e. The number of hydrogen-bond acceptors (Lipinski definition) is 2. The van der Waals surface area contributed by atoms with Crippen molar-refractivity contribution in [2.75, 3.05) is 13.2 Å². The van der Waals surface area contributed by atoms with Crippen molar-refractivity contribution in [3.8, 4) is 0 Å². The molecule has 0 aliphatic rings. The molecule has 0 aliphatic heterocycles. The van der Waals surface area contributed by atoms with Crippen molar-refractivity contribution in [3.63, 3.8) is 0 Å². The zero-order valence-corrected chi connectivity index (χ0v) is 11.2. The lowest BCUT2D eigenvalue weighted by atomic mass is 9.88. The maximum absolute atomic E-state index is 9.19. The Kier molecular flexibility index (Phi) is 6.23. The summed E-state index contributed by atoms with van der Waals surface area (Å²) in [6.45, 7) is 7.75. The summed E-state index contributed by atoms with van der Waals surface area (Å²) < 4.78 is 0. The molecular weight excluding hydrogens is 210 g/mol. The summed E-state index contributed by atoms with van der Waals surface area (Å²) in [5.74, 6) is 1.11. The molecule has 0 bridgehead atoms. The molecule has 96 valence electrons. The summed E-state index contributed by atoms with van der Waals surface area (Å²) >= 11 is 0. The van der Waals surface area contributed by atoms with Crippen LogP contribution >= 0.6 is 0 Å². The molecule has 1 unspecified atom stereocenters. The van der Waals surface area contributed by atoms with Crippen LogP contribution in [0.4, 0.5) is 0 Å². The molecule has 0 radical (unpaired) electrons. The lowest BCUT2D eigenvalue weighted by Gasteiger charge is -2.24. The first-order valence-electron chi connectivity index (χ1n) is 6.58. The fourth-order valence-corrected chi connectivity index (χ4v) is 2.07. The molecule has 0 saturated heterocycles. The quantitative estimate of drug-likeness (QED) is 0.761. The Balaban J connectivity index is 2.62. The van der Waals surface area contributed by atoms with Crippen molar-refractivity contribution >= 4 is 0 Å². The van der Waals surface area contributed by atoms with Gasteiger partial charge in [-0.25, -0.2) is 0 Å². The predicted molar refractivity (Wildman–Crippen MR) is 73.2 cm³/mol. The van der Waals surface area contributed by atoms with Gasteiger partial charge in [0.2, 0.25) is 0 Å². The van der Waals surface area contributed by atoms with E-state index >= 15 is 0 Å². The van der Waals surface area contributed by atoms with Gasteiger partial charge in [0.25, 0.3) is 0 Å². The van der Waals surface area contributed by atoms with Gasteiger partial charge in [-0.05, 0) is 23.8 Å². The van der Waals surface area contributed by atoms with E-state index in [0.717, 1.165) is 13.0 Å². The lowest BCUT2D eigenvalue weighted by Crippen LogP contribution is -2.36. The molecular formula is C15H25NO. The predicted octanol–water partition coefficient (Wildman–Crippen LogP) is 2.79. The summed E-state index contributed by atoms with van der Waals surface area (Å²) in [6.07, 6.45) is 0.968. The van der Waals surface area contributed by atoms with E-state index in [1.54, 1.807) is 0 Å². The lowest BCUT2D eigenvalue weighted by molar-refractivity contribution is 0.234. The smallest absolute Gasteiger partial charge is 0.0584 e. The van der Waals surface area contributed by atoms with Crippen molar-refractivity contribution < 1.29 is 5.11 Å². The number of nitrogens with one attached hydrogen (secondary N) is 1. The van der Waals surface area contributed by atoms with Crippen LogP contribution in [0.5, 0.6) is 0 Å². The molecule has 0 fully saturated rings. The van der Waals surface area contributed by atoms with E-state index in [1.807, 2.05) is 0 Å². The maximum Gasteiger partial charge on any atom is 0.0584 e. The van der Waals surface area contributed by atoms with E-state index in [9.17, 15) is 5.11 Å². The van der Waals surface area contributed by atoms with Gasteiger partial charge < -0.3 is 10.4 Å². The highest BCUT2D eigenvalue weighted by molar-refractivity contribution is 5.20. The number of hydrogen-bond donors (Lipinski definition) is 2. The van der Waals surface area contributed by atoms with Crippen LogP contribution in [0.2, 0.25) is 0 Å². The summed E-state index contributed by atoms with van der Waals surface area (Å²) in [7, 11) is 0. The Labute approximate surface area is 105 Å². The molecule has 2 N–H and O–H groups in total. The van der Waals surface area contributed by atoms with Gasteiger partial charge in [-0.15, -0.1) is 0 Å². The average molecular weight is 235 g/mol. The standard InChI is InChI=1S/C15H25NO/c1-4-14(11-17)16-10-15(12(2)3)13-8-6-5-7-9-13/h5-9,12,14-17H,4,10-11H2,1-3H3/t14-,15?/m0/s1. The van der Waals surface area contributed by atoms with Crippen molar-refractivity contribution in [1.29, 1.82) is 0 Å². The molecule has 0 aromatic heterocycles. The molecule has 17 heavy (non-hydrogen) atoms. The van der Waals surface area contributed by atoms with Gasteiger partial charge in [-0.1, -0.05) is 51.1 Å². The number of benzene rings is 1. The van der Waals surface area contributed by atoms with E-state index in [1.165, 1.54) is 5.56 Å². The van der Waals surface area contributed by atoms with Crippen LogP contribution < -0.4 is 5.32 Å². The van der Waals surface area contributed by atoms with E-state index in [-0.39, 0.29) is 12.6 Å². The molecule has 1 rings (SSSR count). The Morgan fingerprint density at radius 2 is 1.82 bits per heavy atom. The number of aliphatic hydroxyl groups excluding tert-OH is 1. The first-order chi connectivity index (χ1) is 8.19. The van der Waals surface area contributed by atoms with Gasteiger partial charge >= 0.3 is 0 Å². The molecule has 0 heterocycles. The Hall–Kier alpha value is -0.860. The van der Waals surface area contributed by atoms with Gasteiger partial charge in [-0.2, -0.15) is 0 Å². The molecule has 1 aromatic rings. The monoisotopic (exact) mass is 235 g/mol. The molecule has 0 amide bonds. The fourth-order valence-electron chi connectivity index (χ4n) is 2.07. The normalized spacial score (nSPS) is 14.9. The van der Waals surface area contributed by atoms with Gasteiger partial charge in [0.15, 0.2) is 0 Å². The third-order valence-corrected chi connectivity index (χ3v) is 3.37. The highest BCUT2D eigenvalue weighted by Gasteiger charge is 2.16. The van der Waals surface area contributed by atoms with E-state index < -0.39 is 0 Å². The van der Waals surface area contributed by atoms with Gasteiger partial charge in [0, 0.05) is 12.6 Å². The Morgan fingerprint density at radius 1 is 1.18 bits per heavy atom. The van der Waals surface area contributed by atoms with E-state index in [0.29, 0.717) is 11.8 Å². The summed E-state index contributed by atoms with van der Waals surface area (Å²) in [5, 5.41) is 12.6. The largest absolute Gasteiger partial charge is 0.395 e. The summed E-state index contributed by atoms with van der Waals surface area (Å²) in [4.78, 5) is 0. The molecule has 2 atom stereocenters. The molecule has 0 saturated carbocycles. The molecule has 1 aromatic carbocycles. The van der Waals surface area contributed by atoms with Gasteiger partial charge in [0.05, 0.1) is 6.61 Å². The van der Waals surface area contributed by atoms with Crippen LogP contribution in [-0.2, 0) is 0 Å². The van der Waals surface area contributed by atoms with Crippen LogP contribution in [0.25, 0.3) is 0 Å². The highest BCUT2D eigenvalue weighted by Crippen LogP contribution is 2.23. The second-order valence-electron chi connectivity index (χ2n) is 4.96. The Bertz CT molecular complexity index is 293. The van der Waals surface area contributed by atoms with Crippen LogP contribution in [-0.4, -0.2) is 24.3 Å². The van der Waals surface area contributed by atoms with Crippen LogP contribution in [0.15, 0.2) is 30.3 Å². The third-order valence-electron chi connectivity index (χ3n) is 3.37. The zero-order valence-electron chi connectivity index (χ0n) is 11.2. The first-order valence-corrected chi connectivity index (χ1v) is 6.58. The van der Waals surface area contributed by atoms with Gasteiger partial charge in [-0.3, -0.25) is 0 Å². The first kappa shape index (κ1) is 14.2.